The molecule has 0 spiro atoms. The largest absolute Gasteiger partial charge is 0.358 e. The number of rotatable bonds is 11. The second-order valence-corrected chi connectivity index (χ2v) is 19.8. The van der Waals surface area contributed by atoms with Crippen LogP contribution in [0.15, 0.2) is 200 Å². The first kappa shape index (κ1) is 43.8. The fourth-order valence-corrected chi connectivity index (χ4v) is 12.0. The molecule has 5 aliphatic carbocycles. The van der Waals surface area contributed by atoms with Crippen LogP contribution < -0.4 is 9.80 Å². The Morgan fingerprint density at radius 1 is 0.682 bits per heavy atom. The molecule has 2 nitrogen and oxygen atoms in total. The van der Waals surface area contributed by atoms with E-state index in [0.717, 1.165) is 31.6 Å². The number of hydrogen-bond acceptors (Lipinski definition) is 2. The predicted octanol–water partition coefficient (Wildman–Crippen LogP) is 17.3. The van der Waals surface area contributed by atoms with Crippen molar-refractivity contribution < 1.29 is 0 Å². The summed E-state index contributed by atoms with van der Waals surface area (Å²) >= 11 is 0. The van der Waals surface area contributed by atoms with E-state index in [0.29, 0.717) is 12.0 Å². The van der Waals surface area contributed by atoms with Gasteiger partial charge < -0.3 is 9.80 Å². The number of aryl methyl sites for hydroxylation is 1. The molecule has 0 saturated heterocycles. The number of hydrogen-bond donors (Lipinski definition) is 0. The summed E-state index contributed by atoms with van der Waals surface area (Å²) in [6.45, 7) is 4.47. The standard InChI is InChI=1S/C64H68N2/c1-3-20-54(26-19-46-64(2)44-16-7-17-45-64)65(63-31-18-29-60-58-27-14-13-25-53(58)47-61(60)63)55-40-34-50(35-41-55)51-36-42-57(43-37-51)66(56-38-32-49(33-39-56)48-21-9-6-10-22-48)62-30-11-5-4-8-23-52-24-12-15-28-59(52)62/h3,6-7,9-10,12,15-22,24,26,28-29,31-38,40-44,46,53,56,58,62H,4-5,8,11,13-14,23,25,27,30,39,45,47H2,1-2H3/b20-3-,46-19+,54-26+. The van der Waals surface area contributed by atoms with Crippen molar-refractivity contribution >= 4 is 22.6 Å². The van der Waals surface area contributed by atoms with Crippen molar-refractivity contribution in [3.05, 3.63) is 228 Å². The predicted molar refractivity (Wildman–Crippen MR) is 282 cm³/mol. The molecule has 1 saturated carbocycles. The molecule has 10 rings (SSSR count). The van der Waals surface area contributed by atoms with Crippen molar-refractivity contribution in [2.75, 3.05) is 9.80 Å². The van der Waals surface area contributed by atoms with Gasteiger partial charge in [-0.25, -0.2) is 0 Å². The minimum atomic E-state index is 0.0179. The molecular formula is C64H68N2. The van der Waals surface area contributed by atoms with Crippen LogP contribution in [0.2, 0.25) is 0 Å². The second kappa shape index (κ2) is 20.2. The van der Waals surface area contributed by atoms with Gasteiger partial charge in [0.25, 0.3) is 0 Å². The lowest BCUT2D eigenvalue weighted by Gasteiger charge is -2.41. The lowest BCUT2D eigenvalue weighted by atomic mass is 9.80. The maximum Gasteiger partial charge on any atom is 0.0551 e. The zero-order valence-electron chi connectivity index (χ0n) is 39.4. The first-order chi connectivity index (χ1) is 32.5. The molecule has 0 aliphatic heterocycles. The number of fused-ring (bicyclic) bond motifs is 4. The van der Waals surface area contributed by atoms with Gasteiger partial charge in [-0.2, -0.15) is 0 Å². The molecule has 5 aromatic rings. The fraction of sp³-hybridized carbons (Fsp3) is 0.312. The third-order valence-electron chi connectivity index (χ3n) is 15.4. The number of benzene rings is 5. The van der Waals surface area contributed by atoms with Crippen LogP contribution in [0.4, 0.5) is 17.1 Å². The summed E-state index contributed by atoms with van der Waals surface area (Å²) in [6.07, 6.45) is 43.7. The molecule has 5 aliphatic rings. The summed E-state index contributed by atoms with van der Waals surface area (Å²) < 4.78 is 0. The average Bonchev–Trinajstić information content (AvgIpc) is 3.79. The van der Waals surface area contributed by atoms with E-state index >= 15 is 0 Å². The van der Waals surface area contributed by atoms with E-state index in [4.69, 9.17) is 0 Å². The summed E-state index contributed by atoms with van der Waals surface area (Å²) in [4.78, 5) is 5.30. The van der Waals surface area contributed by atoms with Gasteiger partial charge in [0.15, 0.2) is 0 Å². The fourth-order valence-electron chi connectivity index (χ4n) is 12.0. The van der Waals surface area contributed by atoms with Crippen LogP contribution >= 0.6 is 0 Å². The van der Waals surface area contributed by atoms with Gasteiger partial charge in [-0.3, -0.25) is 0 Å². The smallest absolute Gasteiger partial charge is 0.0551 e. The highest BCUT2D eigenvalue weighted by Crippen LogP contribution is 2.51. The first-order valence-corrected chi connectivity index (χ1v) is 25.3. The van der Waals surface area contributed by atoms with E-state index in [2.05, 4.69) is 218 Å². The third kappa shape index (κ3) is 9.44. The van der Waals surface area contributed by atoms with Crippen molar-refractivity contribution in [2.24, 2.45) is 11.3 Å². The lowest BCUT2D eigenvalue weighted by molar-refractivity contribution is 0.330. The maximum absolute atomic E-state index is 2.77. The molecule has 5 unspecified atom stereocenters. The van der Waals surface area contributed by atoms with Crippen LogP contribution in [-0.2, 0) is 12.8 Å². The molecule has 334 valence electrons. The number of nitrogens with zero attached hydrogens (tertiary/aromatic N) is 2. The van der Waals surface area contributed by atoms with Crippen LogP contribution in [0.3, 0.4) is 0 Å². The summed E-state index contributed by atoms with van der Waals surface area (Å²) in [7, 11) is 0. The minimum absolute atomic E-state index is 0.0179. The Labute approximate surface area is 396 Å². The molecule has 0 heterocycles. The molecule has 5 aromatic carbocycles. The van der Waals surface area contributed by atoms with Crippen molar-refractivity contribution in [1.29, 1.82) is 0 Å². The normalized spacial score (nSPS) is 24.0. The van der Waals surface area contributed by atoms with Crippen molar-refractivity contribution in [3.63, 3.8) is 0 Å². The molecule has 1 fully saturated rings. The molecule has 0 amide bonds. The summed E-state index contributed by atoms with van der Waals surface area (Å²) in [5.41, 5.74) is 16.3. The van der Waals surface area contributed by atoms with Gasteiger partial charge in [0.2, 0.25) is 0 Å². The van der Waals surface area contributed by atoms with Gasteiger partial charge in [-0.05, 0) is 157 Å². The minimum Gasteiger partial charge on any atom is -0.358 e. The Bertz CT molecular complexity index is 2670. The van der Waals surface area contributed by atoms with Gasteiger partial charge in [0.05, 0.1) is 12.1 Å². The van der Waals surface area contributed by atoms with Crippen LogP contribution in [0.25, 0.3) is 16.7 Å². The molecule has 0 bridgehead atoms. The number of anilines is 3. The average molecular weight is 865 g/mol. The SMILES string of the molecule is C\C=C/C(=C\C=C\C1(C)C=CC=CC1)N(c1ccc(-c2ccc(N(C3C=CC(c4ccccc4)=CC3)C3CCCCCCc4ccccc43)cc2)cc1)c1cccc2c1CC1CCCCC21. The highest BCUT2D eigenvalue weighted by Gasteiger charge is 2.37. The van der Waals surface area contributed by atoms with E-state index in [1.165, 1.54) is 114 Å². The van der Waals surface area contributed by atoms with Gasteiger partial charge in [-0.1, -0.05) is 191 Å². The van der Waals surface area contributed by atoms with Crippen molar-refractivity contribution in [2.45, 2.75) is 115 Å². The topological polar surface area (TPSA) is 6.48 Å². The Balaban J connectivity index is 0.987. The van der Waals surface area contributed by atoms with E-state index in [1.54, 1.807) is 11.1 Å². The van der Waals surface area contributed by atoms with Gasteiger partial charge in [0, 0.05) is 28.2 Å². The number of allylic oxidation sites excluding steroid dienone is 11. The highest BCUT2D eigenvalue weighted by atomic mass is 15.2. The monoisotopic (exact) mass is 865 g/mol. The zero-order chi connectivity index (χ0) is 44.7. The molecule has 0 N–H and O–H groups in total. The highest BCUT2D eigenvalue weighted by molar-refractivity contribution is 5.78. The van der Waals surface area contributed by atoms with E-state index in [-0.39, 0.29) is 11.5 Å². The van der Waals surface area contributed by atoms with Gasteiger partial charge >= 0.3 is 0 Å². The third-order valence-corrected chi connectivity index (χ3v) is 15.4. The molecule has 0 aromatic heterocycles. The van der Waals surface area contributed by atoms with Crippen LogP contribution in [0.5, 0.6) is 0 Å². The summed E-state index contributed by atoms with van der Waals surface area (Å²) in [5.74, 6) is 1.46. The second-order valence-electron chi connectivity index (χ2n) is 19.8. The molecule has 0 radical (unpaired) electrons. The quantitative estimate of drug-likeness (QED) is 0.122. The maximum atomic E-state index is 2.77. The molecule has 66 heavy (non-hydrogen) atoms. The summed E-state index contributed by atoms with van der Waals surface area (Å²) in [5, 5.41) is 0. The van der Waals surface area contributed by atoms with Crippen molar-refractivity contribution in [1.82, 2.24) is 0 Å². The van der Waals surface area contributed by atoms with E-state index in [1.807, 2.05) is 0 Å². The lowest BCUT2D eigenvalue weighted by Crippen LogP contribution is -2.38. The molecular weight excluding hydrogens is 797 g/mol. The van der Waals surface area contributed by atoms with Crippen molar-refractivity contribution in [3.8, 4) is 11.1 Å². The summed E-state index contributed by atoms with van der Waals surface area (Å²) in [6, 6.07) is 46.8. The first-order valence-electron chi connectivity index (χ1n) is 25.3. The van der Waals surface area contributed by atoms with Crippen LogP contribution in [-0.4, -0.2) is 6.04 Å². The Hall–Kier alpha value is -6.12. The zero-order valence-corrected chi connectivity index (χ0v) is 39.4. The Kier molecular flexibility index (Phi) is 13.4. The Morgan fingerprint density at radius 2 is 1.42 bits per heavy atom. The molecule has 2 heteroatoms. The van der Waals surface area contributed by atoms with Crippen LogP contribution in [0, 0.1) is 11.3 Å². The van der Waals surface area contributed by atoms with E-state index < -0.39 is 0 Å². The Morgan fingerprint density at radius 3 is 2.20 bits per heavy atom. The molecule has 5 atom stereocenters. The van der Waals surface area contributed by atoms with E-state index in [9.17, 15) is 0 Å². The van der Waals surface area contributed by atoms with Crippen LogP contribution in [0.1, 0.15) is 124 Å². The van der Waals surface area contributed by atoms with Gasteiger partial charge in [-0.15, -0.1) is 0 Å². The van der Waals surface area contributed by atoms with Gasteiger partial charge in [0.1, 0.15) is 0 Å².